The number of benzene rings is 1. The van der Waals surface area contributed by atoms with Gasteiger partial charge in [-0.3, -0.25) is 0 Å². The first-order valence-electron chi connectivity index (χ1n) is 10.2. The van der Waals surface area contributed by atoms with E-state index in [1.54, 1.807) is 11.3 Å². The van der Waals surface area contributed by atoms with Crippen LogP contribution in [0.5, 0.6) is 0 Å². The molecular formula is C22H24N4S. The minimum atomic E-state index is 0.770. The van der Waals surface area contributed by atoms with Crippen LogP contribution < -0.4 is 4.90 Å². The first kappa shape index (κ1) is 16.9. The number of anilines is 1. The molecule has 1 aromatic heterocycles. The molecule has 1 aromatic carbocycles. The van der Waals surface area contributed by atoms with Gasteiger partial charge in [0.05, 0.1) is 11.3 Å². The molecule has 3 aliphatic rings. The van der Waals surface area contributed by atoms with Gasteiger partial charge in [0.15, 0.2) is 5.00 Å². The molecule has 0 bridgehead atoms. The Balaban J connectivity index is 1.50. The van der Waals surface area contributed by atoms with Gasteiger partial charge < -0.3 is 4.90 Å². The summed E-state index contributed by atoms with van der Waals surface area (Å²) in [4.78, 5) is 3.90. The molecule has 4 nitrogen and oxygen atoms in total. The molecule has 0 unspecified atom stereocenters. The van der Waals surface area contributed by atoms with Crippen LogP contribution in [0.2, 0.25) is 0 Å². The quantitative estimate of drug-likeness (QED) is 0.476. The van der Waals surface area contributed by atoms with Gasteiger partial charge in [0.25, 0.3) is 0 Å². The van der Waals surface area contributed by atoms with Gasteiger partial charge >= 0.3 is 0 Å². The number of nitrogens with zero attached hydrogens (tertiary/aromatic N) is 4. The molecule has 0 saturated heterocycles. The van der Waals surface area contributed by atoms with Crippen molar-refractivity contribution < 1.29 is 0 Å². The van der Waals surface area contributed by atoms with Gasteiger partial charge in [0.2, 0.25) is 0 Å². The number of hydrogen-bond donors (Lipinski definition) is 0. The molecule has 2 aliphatic heterocycles. The van der Waals surface area contributed by atoms with Gasteiger partial charge in [-0.15, -0.1) is 21.6 Å². The molecule has 2 aromatic rings. The molecule has 0 N–H and O–H groups in total. The molecule has 138 valence electrons. The lowest BCUT2D eigenvalue weighted by atomic mass is 9.91. The average Bonchev–Trinajstić information content (AvgIpc) is 2.86. The topological polar surface area (TPSA) is 51.8 Å². The summed E-state index contributed by atoms with van der Waals surface area (Å²) in [7, 11) is 0. The number of hydrogen-bond acceptors (Lipinski definition) is 5. The van der Waals surface area contributed by atoms with E-state index in [1.165, 1.54) is 72.4 Å². The molecule has 3 heterocycles. The first-order valence-corrected chi connectivity index (χ1v) is 11.0. The lowest BCUT2D eigenvalue weighted by Gasteiger charge is -2.36. The van der Waals surface area contributed by atoms with Crippen LogP contribution in [0.25, 0.3) is 0 Å². The molecule has 0 fully saturated rings. The van der Waals surface area contributed by atoms with Crippen molar-refractivity contribution in [2.45, 2.75) is 57.8 Å². The number of fused-ring (bicyclic) bond motifs is 1. The van der Waals surface area contributed by atoms with Gasteiger partial charge in [-0.1, -0.05) is 6.42 Å². The minimum absolute atomic E-state index is 0.770. The zero-order chi connectivity index (χ0) is 18.2. The standard InChI is InChI=1S/C22H24N4S/c23-14-19-18-8-2-1-3-9-20(18)27-22(19)25-24-17-12-15-6-4-10-26-11-5-7-16(13-17)21(15)26/h12-13H,1-11H2. The highest BCUT2D eigenvalue weighted by molar-refractivity contribution is 7.16. The monoisotopic (exact) mass is 376 g/mol. The Bertz CT molecular complexity index is 919. The summed E-state index contributed by atoms with van der Waals surface area (Å²) in [6, 6.07) is 6.83. The van der Waals surface area contributed by atoms with Crippen LogP contribution in [0.1, 0.15) is 59.2 Å². The Morgan fingerprint density at radius 2 is 1.63 bits per heavy atom. The zero-order valence-electron chi connectivity index (χ0n) is 15.6. The molecule has 0 radical (unpaired) electrons. The number of azo groups is 1. The minimum Gasteiger partial charge on any atom is -0.371 e. The number of aryl methyl sites for hydroxylation is 3. The van der Waals surface area contributed by atoms with Crippen molar-refractivity contribution in [2.24, 2.45) is 10.2 Å². The molecular weight excluding hydrogens is 352 g/mol. The Hall–Kier alpha value is -2.19. The third-order valence-electron chi connectivity index (χ3n) is 6.09. The Morgan fingerprint density at radius 1 is 0.889 bits per heavy atom. The lowest BCUT2D eigenvalue weighted by Crippen LogP contribution is -2.34. The second kappa shape index (κ2) is 7.09. The van der Waals surface area contributed by atoms with Gasteiger partial charge in [-0.25, -0.2) is 0 Å². The van der Waals surface area contributed by atoms with E-state index in [0.717, 1.165) is 41.9 Å². The summed E-state index contributed by atoms with van der Waals surface area (Å²) in [5, 5.41) is 19.6. The van der Waals surface area contributed by atoms with Crippen LogP contribution >= 0.6 is 11.3 Å². The predicted molar refractivity (Wildman–Crippen MR) is 110 cm³/mol. The van der Waals surface area contributed by atoms with E-state index in [4.69, 9.17) is 0 Å². The Kier molecular flexibility index (Phi) is 4.45. The molecule has 0 amide bonds. The molecule has 5 rings (SSSR count). The maximum absolute atomic E-state index is 9.68. The van der Waals surface area contributed by atoms with Gasteiger partial charge in [-0.2, -0.15) is 5.26 Å². The van der Waals surface area contributed by atoms with E-state index in [-0.39, 0.29) is 0 Å². The number of thiophene rings is 1. The maximum Gasteiger partial charge on any atom is 0.157 e. The second-order valence-electron chi connectivity index (χ2n) is 7.86. The van der Waals surface area contributed by atoms with E-state index in [2.05, 4.69) is 33.3 Å². The molecule has 0 saturated carbocycles. The highest BCUT2D eigenvalue weighted by Crippen LogP contribution is 2.41. The van der Waals surface area contributed by atoms with Crippen molar-refractivity contribution in [3.8, 4) is 6.07 Å². The summed E-state index contributed by atoms with van der Waals surface area (Å²) in [6.45, 7) is 2.38. The van der Waals surface area contributed by atoms with E-state index >= 15 is 0 Å². The summed E-state index contributed by atoms with van der Waals surface area (Å²) in [5.74, 6) is 0. The normalized spacial score (nSPS) is 18.7. The van der Waals surface area contributed by atoms with Crippen molar-refractivity contribution in [3.05, 3.63) is 39.3 Å². The lowest BCUT2D eigenvalue weighted by molar-refractivity contribution is 0.634. The third kappa shape index (κ3) is 3.06. The van der Waals surface area contributed by atoms with Crippen molar-refractivity contribution in [2.75, 3.05) is 18.0 Å². The number of rotatable bonds is 2. The fraction of sp³-hybridized carbons (Fsp3) is 0.500. The van der Waals surface area contributed by atoms with Crippen LogP contribution in [0.15, 0.2) is 22.4 Å². The largest absolute Gasteiger partial charge is 0.371 e. The summed E-state index contributed by atoms with van der Waals surface area (Å²) in [6.07, 6.45) is 10.5. The zero-order valence-corrected chi connectivity index (χ0v) is 16.4. The van der Waals surface area contributed by atoms with Gasteiger partial charge in [-0.05, 0) is 80.2 Å². The maximum atomic E-state index is 9.68. The van der Waals surface area contributed by atoms with Crippen molar-refractivity contribution in [1.82, 2.24) is 0 Å². The van der Waals surface area contributed by atoms with Crippen LogP contribution in [0.3, 0.4) is 0 Å². The molecule has 0 atom stereocenters. The van der Waals surface area contributed by atoms with Crippen LogP contribution in [-0.2, 0) is 25.7 Å². The average molecular weight is 377 g/mol. The van der Waals surface area contributed by atoms with E-state index in [0.29, 0.717) is 0 Å². The number of nitriles is 1. The fourth-order valence-electron chi connectivity index (χ4n) is 4.86. The molecule has 1 aliphatic carbocycles. The van der Waals surface area contributed by atoms with E-state index in [9.17, 15) is 5.26 Å². The molecule has 0 spiro atoms. The molecule has 5 heteroatoms. The summed E-state index contributed by atoms with van der Waals surface area (Å²) >= 11 is 1.68. The van der Waals surface area contributed by atoms with Crippen LogP contribution in [0.4, 0.5) is 16.4 Å². The van der Waals surface area contributed by atoms with Crippen LogP contribution in [0, 0.1) is 11.3 Å². The highest BCUT2D eigenvalue weighted by Gasteiger charge is 2.24. The highest BCUT2D eigenvalue weighted by atomic mass is 32.1. The summed E-state index contributed by atoms with van der Waals surface area (Å²) in [5.41, 5.74) is 7.27. The first-order chi connectivity index (χ1) is 13.3. The van der Waals surface area contributed by atoms with Gasteiger partial charge in [0, 0.05) is 23.7 Å². The SMILES string of the molecule is N#Cc1c(N=Nc2cc3c4c(c2)CCCN4CCC3)sc2c1CCCCC2. The smallest absolute Gasteiger partial charge is 0.157 e. The Morgan fingerprint density at radius 3 is 2.37 bits per heavy atom. The van der Waals surface area contributed by atoms with Crippen molar-refractivity contribution >= 4 is 27.7 Å². The van der Waals surface area contributed by atoms with Crippen molar-refractivity contribution in [3.63, 3.8) is 0 Å². The van der Waals surface area contributed by atoms with E-state index in [1.807, 2.05) is 0 Å². The summed E-state index contributed by atoms with van der Waals surface area (Å²) < 4.78 is 0. The molecule has 27 heavy (non-hydrogen) atoms. The van der Waals surface area contributed by atoms with E-state index < -0.39 is 0 Å². The van der Waals surface area contributed by atoms with Crippen molar-refractivity contribution in [1.29, 1.82) is 5.26 Å². The fourth-order valence-corrected chi connectivity index (χ4v) is 6.02. The predicted octanol–water partition coefficient (Wildman–Crippen LogP) is 6.00. The third-order valence-corrected chi connectivity index (χ3v) is 7.26. The second-order valence-corrected chi connectivity index (χ2v) is 8.95. The van der Waals surface area contributed by atoms with Gasteiger partial charge in [0.1, 0.15) is 6.07 Å². The Labute approximate surface area is 164 Å². The van der Waals surface area contributed by atoms with Crippen LogP contribution in [-0.4, -0.2) is 13.1 Å².